The van der Waals surface area contributed by atoms with Crippen LogP contribution in [0.2, 0.25) is 10.0 Å². The zero-order chi connectivity index (χ0) is 26.7. The highest BCUT2D eigenvalue weighted by Gasteiger charge is 2.25. The van der Waals surface area contributed by atoms with Gasteiger partial charge in [0.2, 0.25) is 0 Å². The van der Waals surface area contributed by atoms with Gasteiger partial charge in [0, 0.05) is 49.1 Å². The molecule has 1 N–H and O–H groups in total. The van der Waals surface area contributed by atoms with Crippen molar-refractivity contribution in [1.82, 2.24) is 9.47 Å². The van der Waals surface area contributed by atoms with Gasteiger partial charge in [0.1, 0.15) is 23.5 Å². The molecule has 1 fully saturated rings. The SMILES string of the molecule is CC(C)(O)CN1CCC(O/N=C(\c2ccc(=O)n(-c3c(Cl)cccc3Cl)c2)c2ccc(F)cc2F)CC1. The van der Waals surface area contributed by atoms with Crippen LogP contribution in [0.5, 0.6) is 0 Å². The minimum atomic E-state index is -0.823. The third kappa shape index (κ3) is 6.76. The molecule has 0 amide bonds. The van der Waals surface area contributed by atoms with Crippen LogP contribution in [0.4, 0.5) is 8.78 Å². The summed E-state index contributed by atoms with van der Waals surface area (Å²) in [6.45, 7) is 5.49. The summed E-state index contributed by atoms with van der Waals surface area (Å²) in [4.78, 5) is 20.7. The van der Waals surface area contributed by atoms with Gasteiger partial charge in [-0.3, -0.25) is 9.36 Å². The molecule has 2 aromatic carbocycles. The van der Waals surface area contributed by atoms with Crippen LogP contribution in [-0.4, -0.2) is 51.6 Å². The zero-order valence-electron chi connectivity index (χ0n) is 20.4. The summed E-state index contributed by atoms with van der Waals surface area (Å²) < 4.78 is 29.8. The second-order valence-electron chi connectivity index (χ2n) is 9.65. The molecule has 4 rings (SSSR count). The smallest absolute Gasteiger partial charge is 0.255 e. The van der Waals surface area contributed by atoms with E-state index in [9.17, 15) is 18.7 Å². The number of hydrogen-bond donors (Lipinski definition) is 1. The van der Waals surface area contributed by atoms with E-state index in [0.717, 1.165) is 12.1 Å². The Kier molecular flexibility index (Phi) is 8.33. The monoisotopic (exact) mass is 549 g/mol. The quantitative estimate of drug-likeness (QED) is 0.315. The summed E-state index contributed by atoms with van der Waals surface area (Å²) in [5.41, 5.74) is -0.480. The maximum atomic E-state index is 14.9. The summed E-state index contributed by atoms with van der Waals surface area (Å²) in [5, 5.41) is 14.9. The van der Waals surface area contributed by atoms with Crippen molar-refractivity contribution in [1.29, 1.82) is 0 Å². The lowest BCUT2D eigenvalue weighted by molar-refractivity contribution is -0.0164. The molecular formula is C27H27Cl2F2N3O3. The molecule has 37 heavy (non-hydrogen) atoms. The predicted octanol–water partition coefficient (Wildman–Crippen LogP) is 5.43. The lowest BCUT2D eigenvalue weighted by atomic mass is 10.0. The molecule has 1 aliphatic heterocycles. The predicted molar refractivity (Wildman–Crippen MR) is 141 cm³/mol. The molecular weight excluding hydrogens is 523 g/mol. The molecule has 0 spiro atoms. The molecule has 0 saturated carbocycles. The van der Waals surface area contributed by atoms with Gasteiger partial charge in [0.25, 0.3) is 5.56 Å². The summed E-state index contributed by atoms with van der Waals surface area (Å²) in [7, 11) is 0. The topological polar surface area (TPSA) is 67.1 Å². The Morgan fingerprint density at radius 3 is 2.41 bits per heavy atom. The highest BCUT2D eigenvalue weighted by atomic mass is 35.5. The van der Waals surface area contributed by atoms with E-state index in [-0.39, 0.29) is 33.1 Å². The number of likely N-dealkylation sites (tertiary alicyclic amines) is 1. The lowest BCUT2D eigenvalue weighted by Crippen LogP contribution is -2.44. The fourth-order valence-corrected chi connectivity index (χ4v) is 4.89. The van der Waals surface area contributed by atoms with Crippen molar-refractivity contribution >= 4 is 28.9 Å². The molecule has 2 heterocycles. The number of benzene rings is 2. The molecule has 1 saturated heterocycles. The number of hydrogen-bond acceptors (Lipinski definition) is 5. The van der Waals surface area contributed by atoms with Crippen molar-refractivity contribution in [2.75, 3.05) is 19.6 Å². The Bertz CT molecular complexity index is 1340. The lowest BCUT2D eigenvalue weighted by Gasteiger charge is -2.34. The van der Waals surface area contributed by atoms with Crippen LogP contribution in [0.1, 0.15) is 37.8 Å². The number of para-hydroxylation sites is 1. The van der Waals surface area contributed by atoms with Gasteiger partial charge in [0.15, 0.2) is 0 Å². The number of aromatic nitrogens is 1. The first-order chi connectivity index (χ1) is 17.5. The van der Waals surface area contributed by atoms with Gasteiger partial charge in [-0.25, -0.2) is 8.78 Å². The third-order valence-electron chi connectivity index (χ3n) is 5.99. The fraction of sp³-hybridized carbons (Fsp3) is 0.333. The molecule has 0 unspecified atom stereocenters. The van der Waals surface area contributed by atoms with Gasteiger partial charge in [-0.15, -0.1) is 0 Å². The van der Waals surface area contributed by atoms with Crippen molar-refractivity contribution in [3.8, 4) is 5.69 Å². The number of piperidine rings is 1. The van der Waals surface area contributed by atoms with Gasteiger partial charge in [-0.2, -0.15) is 0 Å². The molecule has 6 nitrogen and oxygen atoms in total. The van der Waals surface area contributed by atoms with Crippen molar-refractivity contribution in [3.63, 3.8) is 0 Å². The van der Waals surface area contributed by atoms with E-state index in [1.165, 1.54) is 29.0 Å². The number of oxime groups is 1. The first kappa shape index (κ1) is 27.3. The van der Waals surface area contributed by atoms with Crippen LogP contribution in [0.3, 0.4) is 0 Å². The molecule has 0 radical (unpaired) electrons. The van der Waals surface area contributed by atoms with Gasteiger partial charge in [-0.1, -0.05) is 34.4 Å². The number of aliphatic hydroxyl groups is 1. The van der Waals surface area contributed by atoms with Gasteiger partial charge >= 0.3 is 0 Å². The number of β-amino-alcohol motifs (C(OH)–C–C–N with tert-alkyl or cyclic N) is 1. The average molecular weight is 550 g/mol. The molecule has 1 aliphatic rings. The van der Waals surface area contributed by atoms with Crippen LogP contribution in [0.25, 0.3) is 5.69 Å². The minimum Gasteiger partial charge on any atom is -0.392 e. The third-order valence-corrected chi connectivity index (χ3v) is 6.60. The molecule has 1 aromatic heterocycles. The largest absolute Gasteiger partial charge is 0.392 e. The van der Waals surface area contributed by atoms with E-state index < -0.39 is 22.8 Å². The van der Waals surface area contributed by atoms with Crippen molar-refractivity contribution in [2.45, 2.75) is 38.4 Å². The van der Waals surface area contributed by atoms with Crippen LogP contribution < -0.4 is 5.56 Å². The van der Waals surface area contributed by atoms with E-state index in [2.05, 4.69) is 10.1 Å². The summed E-state index contributed by atoms with van der Waals surface area (Å²) in [6, 6.07) is 10.8. The van der Waals surface area contributed by atoms with E-state index >= 15 is 0 Å². The van der Waals surface area contributed by atoms with Crippen molar-refractivity contribution < 1.29 is 18.7 Å². The van der Waals surface area contributed by atoms with Crippen LogP contribution in [0.15, 0.2) is 64.7 Å². The number of nitrogens with zero attached hydrogens (tertiary/aromatic N) is 3. The Hall–Kier alpha value is -2.78. The van der Waals surface area contributed by atoms with Crippen LogP contribution in [-0.2, 0) is 4.84 Å². The Morgan fingerprint density at radius 1 is 1.11 bits per heavy atom. The normalized spacial score (nSPS) is 15.7. The summed E-state index contributed by atoms with van der Waals surface area (Å²) in [5.74, 6) is -1.55. The minimum absolute atomic E-state index is 0.0105. The summed E-state index contributed by atoms with van der Waals surface area (Å²) in [6.07, 6.45) is 2.54. The standard InChI is InChI=1S/C27H27Cl2F2N3O3/c1-27(2,36)16-33-12-10-19(11-13-33)37-32-25(20-8-7-18(30)14-23(20)31)17-6-9-24(35)34(15-17)26-21(28)4-3-5-22(26)29/h3-9,14-15,19,36H,10-13,16H2,1-2H3/b32-25+. The first-order valence-electron chi connectivity index (χ1n) is 11.8. The maximum absolute atomic E-state index is 14.9. The average Bonchev–Trinajstić information content (AvgIpc) is 2.82. The second kappa shape index (κ2) is 11.3. The zero-order valence-corrected chi connectivity index (χ0v) is 21.9. The first-order valence-corrected chi connectivity index (χ1v) is 12.6. The number of rotatable bonds is 7. The molecule has 3 aromatic rings. The fourth-order valence-electron chi connectivity index (χ4n) is 4.31. The molecule has 0 atom stereocenters. The van der Waals surface area contributed by atoms with Crippen molar-refractivity contribution in [3.05, 3.63) is 97.9 Å². The van der Waals surface area contributed by atoms with Gasteiger partial charge in [-0.05, 0) is 57.0 Å². The van der Waals surface area contributed by atoms with E-state index in [1.807, 2.05) is 0 Å². The number of halogens is 4. The molecule has 0 aliphatic carbocycles. The highest BCUT2D eigenvalue weighted by molar-refractivity contribution is 6.37. The highest BCUT2D eigenvalue weighted by Crippen LogP contribution is 2.28. The Balaban J connectivity index is 1.69. The maximum Gasteiger partial charge on any atom is 0.255 e. The van der Waals surface area contributed by atoms with E-state index in [4.69, 9.17) is 28.0 Å². The molecule has 196 valence electrons. The van der Waals surface area contributed by atoms with Crippen LogP contribution in [0, 0.1) is 11.6 Å². The summed E-state index contributed by atoms with van der Waals surface area (Å²) >= 11 is 12.6. The van der Waals surface area contributed by atoms with E-state index in [1.54, 1.807) is 32.0 Å². The molecule has 10 heteroatoms. The second-order valence-corrected chi connectivity index (χ2v) is 10.5. The molecule has 0 bridgehead atoms. The van der Waals surface area contributed by atoms with Gasteiger partial charge < -0.3 is 14.8 Å². The van der Waals surface area contributed by atoms with E-state index in [0.29, 0.717) is 38.0 Å². The van der Waals surface area contributed by atoms with Gasteiger partial charge in [0.05, 0.1) is 21.3 Å². The Morgan fingerprint density at radius 2 is 1.78 bits per heavy atom. The van der Waals surface area contributed by atoms with Crippen molar-refractivity contribution in [2.24, 2.45) is 5.16 Å². The Labute approximate surface area is 223 Å². The number of pyridine rings is 1. The van der Waals surface area contributed by atoms with Crippen LogP contribution >= 0.6 is 23.2 Å².